The van der Waals surface area contributed by atoms with Gasteiger partial charge in [-0.1, -0.05) is 22.0 Å². The lowest BCUT2D eigenvalue weighted by atomic mass is 10.1. The molecule has 1 rings (SSSR count). The lowest BCUT2D eigenvalue weighted by molar-refractivity contribution is 1.39. The Balaban J connectivity index is 3.15. The van der Waals surface area contributed by atoms with Crippen LogP contribution in [0.2, 0.25) is 0 Å². The molecule has 2 heteroatoms. The molecular weight excluding hydrogens is 202 g/mol. The maximum atomic E-state index is 7.39. The van der Waals surface area contributed by atoms with Crippen LogP contribution in [0.5, 0.6) is 0 Å². The summed E-state index contributed by atoms with van der Waals surface area (Å²) in [5.41, 5.74) is 2.78. The quantitative estimate of drug-likeness (QED) is 0.691. The standard InChI is InChI=1S/C9H10BrN/c1-6-5-8(7(2)11)3-4-9(6)10/h3-5,11H,1-2H3. The van der Waals surface area contributed by atoms with Gasteiger partial charge in [-0.3, -0.25) is 0 Å². The molecule has 0 amide bonds. The van der Waals surface area contributed by atoms with Gasteiger partial charge in [-0.15, -0.1) is 0 Å². The minimum Gasteiger partial charge on any atom is -0.305 e. The molecule has 0 saturated heterocycles. The summed E-state index contributed by atoms with van der Waals surface area (Å²) >= 11 is 3.41. The highest BCUT2D eigenvalue weighted by molar-refractivity contribution is 9.10. The zero-order valence-corrected chi connectivity index (χ0v) is 8.20. The first-order valence-electron chi connectivity index (χ1n) is 3.43. The molecule has 1 nitrogen and oxygen atoms in total. The normalized spacial score (nSPS) is 9.73. The van der Waals surface area contributed by atoms with Crippen molar-refractivity contribution in [3.05, 3.63) is 33.8 Å². The second-order valence-corrected chi connectivity index (χ2v) is 3.44. The molecule has 0 aliphatic carbocycles. The van der Waals surface area contributed by atoms with Crippen LogP contribution in [-0.4, -0.2) is 5.71 Å². The van der Waals surface area contributed by atoms with E-state index in [-0.39, 0.29) is 0 Å². The van der Waals surface area contributed by atoms with E-state index >= 15 is 0 Å². The molecule has 0 saturated carbocycles. The van der Waals surface area contributed by atoms with Gasteiger partial charge in [0, 0.05) is 10.2 Å². The first-order chi connectivity index (χ1) is 5.11. The Hall–Kier alpha value is -0.630. The first-order valence-corrected chi connectivity index (χ1v) is 4.22. The Morgan fingerprint density at radius 2 is 2.09 bits per heavy atom. The molecule has 0 fully saturated rings. The van der Waals surface area contributed by atoms with Crippen LogP contribution in [-0.2, 0) is 0 Å². The van der Waals surface area contributed by atoms with Crippen LogP contribution >= 0.6 is 15.9 Å². The number of hydrogen-bond acceptors (Lipinski definition) is 1. The molecule has 0 atom stereocenters. The third kappa shape index (κ3) is 1.90. The van der Waals surface area contributed by atoms with E-state index in [1.165, 1.54) is 5.56 Å². The number of hydrogen-bond donors (Lipinski definition) is 1. The molecule has 1 N–H and O–H groups in total. The van der Waals surface area contributed by atoms with Gasteiger partial charge in [0.05, 0.1) is 0 Å². The molecule has 58 valence electrons. The summed E-state index contributed by atoms with van der Waals surface area (Å²) < 4.78 is 1.10. The van der Waals surface area contributed by atoms with Crippen molar-refractivity contribution in [3.63, 3.8) is 0 Å². The number of halogens is 1. The summed E-state index contributed by atoms with van der Waals surface area (Å²) in [5.74, 6) is 0. The number of aryl methyl sites for hydroxylation is 1. The van der Waals surface area contributed by atoms with Gasteiger partial charge in [0.1, 0.15) is 0 Å². The smallest absolute Gasteiger partial charge is 0.0355 e. The molecule has 1 aromatic rings. The Morgan fingerprint density at radius 3 is 2.55 bits per heavy atom. The largest absolute Gasteiger partial charge is 0.305 e. The van der Waals surface area contributed by atoms with Crippen LogP contribution in [0, 0.1) is 12.3 Å². The van der Waals surface area contributed by atoms with Crippen molar-refractivity contribution in [2.24, 2.45) is 0 Å². The molecule has 11 heavy (non-hydrogen) atoms. The molecule has 0 bridgehead atoms. The van der Waals surface area contributed by atoms with Gasteiger partial charge in [-0.2, -0.15) is 0 Å². The number of nitrogens with one attached hydrogen (secondary N) is 1. The maximum Gasteiger partial charge on any atom is 0.0355 e. The summed E-state index contributed by atoms with van der Waals surface area (Å²) in [5, 5.41) is 7.39. The van der Waals surface area contributed by atoms with Crippen LogP contribution in [0.3, 0.4) is 0 Å². The molecule has 0 radical (unpaired) electrons. The van der Waals surface area contributed by atoms with Gasteiger partial charge < -0.3 is 5.41 Å². The molecule has 0 unspecified atom stereocenters. The van der Waals surface area contributed by atoms with Crippen LogP contribution < -0.4 is 0 Å². The van der Waals surface area contributed by atoms with Crippen LogP contribution in [0.1, 0.15) is 18.1 Å². The molecular formula is C9H10BrN. The third-order valence-corrected chi connectivity index (χ3v) is 2.48. The van der Waals surface area contributed by atoms with Crippen molar-refractivity contribution in [3.8, 4) is 0 Å². The highest BCUT2D eigenvalue weighted by Gasteiger charge is 1.97. The highest BCUT2D eigenvalue weighted by Crippen LogP contribution is 2.16. The molecule has 0 spiro atoms. The summed E-state index contributed by atoms with van der Waals surface area (Å²) in [6.45, 7) is 3.82. The summed E-state index contributed by atoms with van der Waals surface area (Å²) in [6, 6.07) is 5.93. The predicted octanol–water partition coefficient (Wildman–Crippen LogP) is 3.15. The number of benzene rings is 1. The average Bonchev–Trinajstić information content (AvgIpc) is 1.94. The van der Waals surface area contributed by atoms with E-state index < -0.39 is 0 Å². The lowest BCUT2D eigenvalue weighted by Gasteiger charge is -2.01. The van der Waals surface area contributed by atoms with Gasteiger partial charge in [0.15, 0.2) is 0 Å². The molecule has 0 aromatic heterocycles. The van der Waals surface area contributed by atoms with E-state index in [1.807, 2.05) is 25.1 Å². The molecule has 1 aromatic carbocycles. The second kappa shape index (κ2) is 3.18. The molecule has 0 aliphatic heterocycles. The van der Waals surface area contributed by atoms with E-state index in [9.17, 15) is 0 Å². The van der Waals surface area contributed by atoms with Crippen LogP contribution in [0.25, 0.3) is 0 Å². The summed E-state index contributed by atoms with van der Waals surface area (Å²) in [4.78, 5) is 0. The fourth-order valence-corrected chi connectivity index (χ4v) is 1.12. The molecule has 0 aliphatic rings. The lowest BCUT2D eigenvalue weighted by Crippen LogP contribution is -1.92. The van der Waals surface area contributed by atoms with E-state index in [4.69, 9.17) is 5.41 Å². The first kappa shape index (κ1) is 8.47. The van der Waals surface area contributed by atoms with Crippen LogP contribution in [0.15, 0.2) is 22.7 Å². The summed E-state index contributed by atoms with van der Waals surface area (Å²) in [6.07, 6.45) is 0. The van der Waals surface area contributed by atoms with Crippen LogP contribution in [0.4, 0.5) is 0 Å². The third-order valence-electron chi connectivity index (χ3n) is 1.59. The monoisotopic (exact) mass is 211 g/mol. The van der Waals surface area contributed by atoms with Crippen molar-refractivity contribution >= 4 is 21.6 Å². The van der Waals surface area contributed by atoms with E-state index in [0.29, 0.717) is 5.71 Å². The Morgan fingerprint density at radius 1 is 1.45 bits per heavy atom. The van der Waals surface area contributed by atoms with E-state index in [0.717, 1.165) is 10.0 Å². The maximum absolute atomic E-state index is 7.39. The van der Waals surface area contributed by atoms with Crippen molar-refractivity contribution in [1.29, 1.82) is 5.41 Å². The predicted molar refractivity (Wildman–Crippen MR) is 51.4 cm³/mol. The van der Waals surface area contributed by atoms with Gasteiger partial charge in [0.25, 0.3) is 0 Å². The zero-order valence-electron chi connectivity index (χ0n) is 6.61. The van der Waals surface area contributed by atoms with Gasteiger partial charge in [-0.05, 0) is 37.1 Å². The topological polar surface area (TPSA) is 23.9 Å². The van der Waals surface area contributed by atoms with Gasteiger partial charge in [0.2, 0.25) is 0 Å². The second-order valence-electron chi connectivity index (χ2n) is 2.59. The van der Waals surface area contributed by atoms with Crippen molar-refractivity contribution in [2.75, 3.05) is 0 Å². The Labute approximate surface area is 75.1 Å². The van der Waals surface area contributed by atoms with Crippen molar-refractivity contribution in [2.45, 2.75) is 13.8 Å². The fraction of sp³-hybridized carbons (Fsp3) is 0.222. The van der Waals surface area contributed by atoms with E-state index in [1.54, 1.807) is 6.92 Å². The Kier molecular flexibility index (Phi) is 2.45. The zero-order chi connectivity index (χ0) is 8.43. The highest BCUT2D eigenvalue weighted by atomic mass is 79.9. The minimum atomic E-state index is 0.612. The molecule has 0 heterocycles. The minimum absolute atomic E-state index is 0.612. The SMILES string of the molecule is CC(=N)c1ccc(Br)c(C)c1. The van der Waals surface area contributed by atoms with E-state index in [2.05, 4.69) is 15.9 Å². The Bertz CT molecular complexity index is 292. The average molecular weight is 212 g/mol. The van der Waals surface area contributed by atoms with Crippen molar-refractivity contribution < 1.29 is 0 Å². The van der Waals surface area contributed by atoms with Gasteiger partial charge >= 0.3 is 0 Å². The van der Waals surface area contributed by atoms with Gasteiger partial charge in [-0.25, -0.2) is 0 Å². The van der Waals surface area contributed by atoms with Crippen molar-refractivity contribution in [1.82, 2.24) is 0 Å². The fourth-order valence-electron chi connectivity index (χ4n) is 0.878. The summed E-state index contributed by atoms with van der Waals surface area (Å²) in [7, 11) is 0. The number of rotatable bonds is 1.